The van der Waals surface area contributed by atoms with E-state index in [1.165, 1.54) is 0 Å². The first kappa shape index (κ1) is 14.7. The lowest BCUT2D eigenvalue weighted by molar-refractivity contribution is -0.116. The predicted molar refractivity (Wildman–Crippen MR) is 67.8 cm³/mol. The highest BCUT2D eigenvalue weighted by Crippen LogP contribution is 2.15. The second-order valence-corrected chi connectivity index (χ2v) is 3.99. The minimum Gasteiger partial charge on any atom is -0.462 e. The van der Waals surface area contributed by atoms with Crippen molar-refractivity contribution < 1.29 is 19.4 Å². The average molecular weight is 271 g/mol. The van der Waals surface area contributed by atoms with Gasteiger partial charge in [-0.05, 0) is 24.1 Å². The molecule has 0 aromatic heterocycles. The number of hydrogen-bond donors (Lipinski definition) is 1. The van der Waals surface area contributed by atoms with Gasteiger partial charge in [-0.15, -0.1) is 11.6 Å². The number of hydrogen-bond acceptors (Lipinski definition) is 4. The van der Waals surface area contributed by atoms with Gasteiger partial charge in [0.2, 0.25) is 0 Å². The smallest absolute Gasteiger partial charge is 0.338 e. The number of ketones is 1. The first-order valence-corrected chi connectivity index (χ1v) is 6.13. The van der Waals surface area contributed by atoms with Gasteiger partial charge in [-0.25, -0.2) is 4.79 Å². The van der Waals surface area contributed by atoms with Crippen LogP contribution in [-0.2, 0) is 22.6 Å². The normalized spacial score (nSPS) is 10.2. The van der Waals surface area contributed by atoms with Crippen molar-refractivity contribution in [1.29, 1.82) is 0 Å². The highest BCUT2D eigenvalue weighted by Gasteiger charge is 2.15. The summed E-state index contributed by atoms with van der Waals surface area (Å²) in [5.74, 6) is -0.761. The van der Waals surface area contributed by atoms with Crippen molar-refractivity contribution in [2.75, 3.05) is 12.5 Å². The van der Waals surface area contributed by atoms with Gasteiger partial charge in [0.25, 0.3) is 0 Å². The van der Waals surface area contributed by atoms with Crippen LogP contribution < -0.4 is 0 Å². The first-order valence-electron chi connectivity index (χ1n) is 5.59. The highest BCUT2D eigenvalue weighted by atomic mass is 35.5. The molecule has 1 aromatic rings. The van der Waals surface area contributed by atoms with Gasteiger partial charge in [0.15, 0.2) is 5.78 Å². The molecule has 0 heterocycles. The van der Waals surface area contributed by atoms with Gasteiger partial charge < -0.3 is 9.84 Å². The fourth-order valence-corrected chi connectivity index (χ4v) is 1.65. The Morgan fingerprint density at radius 1 is 1.39 bits per heavy atom. The van der Waals surface area contributed by atoms with Crippen molar-refractivity contribution in [2.24, 2.45) is 0 Å². The van der Waals surface area contributed by atoms with E-state index in [2.05, 4.69) is 0 Å². The zero-order valence-electron chi connectivity index (χ0n) is 10.1. The Morgan fingerprint density at radius 3 is 2.67 bits per heavy atom. The second kappa shape index (κ2) is 7.13. The standard InChI is InChI=1S/C13H15ClO4/c1-2-18-13(17)12-4-3-9(8-15)5-10(12)6-11(16)7-14/h3-5,15H,2,6-8H2,1H3. The monoisotopic (exact) mass is 270 g/mol. The molecule has 0 saturated carbocycles. The number of esters is 1. The van der Waals surface area contributed by atoms with Gasteiger partial charge in [-0.3, -0.25) is 4.79 Å². The molecule has 4 nitrogen and oxygen atoms in total. The third-order valence-electron chi connectivity index (χ3n) is 2.38. The summed E-state index contributed by atoms with van der Waals surface area (Å²) in [5.41, 5.74) is 1.51. The molecule has 5 heteroatoms. The van der Waals surface area contributed by atoms with Gasteiger partial charge in [-0.1, -0.05) is 12.1 Å². The van der Waals surface area contributed by atoms with Gasteiger partial charge in [0, 0.05) is 6.42 Å². The summed E-state index contributed by atoms with van der Waals surface area (Å²) in [4.78, 5) is 23.1. The topological polar surface area (TPSA) is 63.6 Å². The number of rotatable bonds is 6. The van der Waals surface area contributed by atoms with Crippen LogP contribution in [0.15, 0.2) is 18.2 Å². The first-order chi connectivity index (χ1) is 8.62. The van der Waals surface area contributed by atoms with Gasteiger partial charge >= 0.3 is 5.97 Å². The zero-order valence-corrected chi connectivity index (χ0v) is 10.9. The number of benzene rings is 1. The molecule has 0 aliphatic heterocycles. The van der Waals surface area contributed by atoms with E-state index in [0.29, 0.717) is 16.7 Å². The van der Waals surface area contributed by atoms with Crippen LogP contribution in [0.1, 0.15) is 28.4 Å². The summed E-state index contributed by atoms with van der Waals surface area (Å²) >= 11 is 5.45. The molecule has 0 bridgehead atoms. The van der Waals surface area contributed by atoms with Crippen molar-refractivity contribution in [3.8, 4) is 0 Å². The van der Waals surface area contributed by atoms with E-state index in [4.69, 9.17) is 21.4 Å². The van der Waals surface area contributed by atoms with Gasteiger partial charge in [-0.2, -0.15) is 0 Å². The van der Waals surface area contributed by atoms with Crippen LogP contribution >= 0.6 is 11.6 Å². The molecule has 0 radical (unpaired) electrons. The molecule has 1 aromatic carbocycles. The maximum atomic E-state index is 11.7. The molecule has 0 atom stereocenters. The lowest BCUT2D eigenvalue weighted by Crippen LogP contribution is -2.12. The summed E-state index contributed by atoms with van der Waals surface area (Å²) < 4.78 is 4.91. The van der Waals surface area contributed by atoms with Crippen LogP contribution in [0, 0.1) is 0 Å². The van der Waals surface area contributed by atoms with Crippen LogP contribution in [0.25, 0.3) is 0 Å². The summed E-state index contributed by atoms with van der Waals surface area (Å²) in [6.45, 7) is 1.83. The molecule has 0 saturated heterocycles. The third kappa shape index (κ3) is 3.82. The number of alkyl halides is 1. The third-order valence-corrected chi connectivity index (χ3v) is 2.68. The molecule has 0 aliphatic rings. The minimum atomic E-state index is -0.473. The minimum absolute atomic E-state index is 0.0610. The number of carbonyl (C=O) groups is 2. The molecule has 98 valence electrons. The predicted octanol–water partition coefficient (Wildman–Crippen LogP) is 1.71. The van der Waals surface area contributed by atoms with E-state index in [9.17, 15) is 9.59 Å². The molecule has 0 fully saturated rings. The molecule has 0 amide bonds. The molecular weight excluding hydrogens is 256 g/mol. The average Bonchev–Trinajstić information content (AvgIpc) is 2.38. The Hall–Kier alpha value is -1.39. The van der Waals surface area contributed by atoms with Gasteiger partial charge in [0.05, 0.1) is 24.7 Å². The molecule has 18 heavy (non-hydrogen) atoms. The highest BCUT2D eigenvalue weighted by molar-refractivity contribution is 6.27. The number of carbonyl (C=O) groups excluding carboxylic acids is 2. The second-order valence-electron chi connectivity index (χ2n) is 3.72. The Kier molecular flexibility index (Phi) is 5.82. The number of ether oxygens (including phenoxy) is 1. The van der Waals surface area contributed by atoms with Crippen LogP contribution in [0.2, 0.25) is 0 Å². The number of Topliss-reactive ketones (excluding diaryl/α,β-unsaturated/α-hetero) is 1. The Morgan fingerprint density at radius 2 is 2.11 bits per heavy atom. The molecule has 0 unspecified atom stereocenters. The maximum Gasteiger partial charge on any atom is 0.338 e. The SMILES string of the molecule is CCOC(=O)c1ccc(CO)cc1CC(=O)CCl. The van der Waals surface area contributed by atoms with Crippen LogP contribution in [-0.4, -0.2) is 29.3 Å². The number of aliphatic hydroxyl groups is 1. The van der Waals surface area contributed by atoms with E-state index >= 15 is 0 Å². The van der Waals surface area contributed by atoms with E-state index < -0.39 is 5.97 Å². The molecule has 1 rings (SSSR count). The largest absolute Gasteiger partial charge is 0.462 e. The molecule has 0 spiro atoms. The molecule has 0 aliphatic carbocycles. The van der Waals surface area contributed by atoms with E-state index in [0.717, 1.165) is 0 Å². The van der Waals surface area contributed by atoms with Crippen LogP contribution in [0.4, 0.5) is 0 Å². The fraction of sp³-hybridized carbons (Fsp3) is 0.385. The number of halogens is 1. The van der Waals surface area contributed by atoms with E-state index in [-0.39, 0.29) is 31.3 Å². The summed E-state index contributed by atoms with van der Waals surface area (Å²) in [7, 11) is 0. The van der Waals surface area contributed by atoms with Crippen molar-refractivity contribution in [3.05, 3.63) is 34.9 Å². The van der Waals surface area contributed by atoms with E-state index in [1.807, 2.05) is 0 Å². The van der Waals surface area contributed by atoms with Crippen molar-refractivity contribution >= 4 is 23.4 Å². The zero-order chi connectivity index (χ0) is 13.5. The lowest BCUT2D eigenvalue weighted by Gasteiger charge is -2.09. The lowest BCUT2D eigenvalue weighted by atomic mass is 10.00. The molecule has 1 N–H and O–H groups in total. The summed E-state index contributed by atoms with van der Waals surface area (Å²) in [5, 5.41) is 9.06. The Bertz CT molecular complexity index is 443. The fourth-order valence-electron chi connectivity index (χ4n) is 1.56. The van der Waals surface area contributed by atoms with Crippen LogP contribution in [0.3, 0.4) is 0 Å². The quantitative estimate of drug-likeness (QED) is 0.631. The van der Waals surface area contributed by atoms with Crippen molar-refractivity contribution in [3.63, 3.8) is 0 Å². The van der Waals surface area contributed by atoms with Crippen molar-refractivity contribution in [1.82, 2.24) is 0 Å². The summed E-state index contributed by atoms with van der Waals surface area (Å²) in [6, 6.07) is 4.80. The maximum absolute atomic E-state index is 11.7. The van der Waals surface area contributed by atoms with Gasteiger partial charge in [0.1, 0.15) is 0 Å². The van der Waals surface area contributed by atoms with Crippen molar-refractivity contribution in [2.45, 2.75) is 20.0 Å². The van der Waals surface area contributed by atoms with E-state index in [1.54, 1.807) is 25.1 Å². The summed E-state index contributed by atoms with van der Waals surface area (Å²) in [6.07, 6.45) is 0.0610. The Balaban J connectivity index is 3.07. The number of aliphatic hydroxyl groups excluding tert-OH is 1. The Labute approximate surface area is 111 Å². The van der Waals surface area contributed by atoms with Crippen LogP contribution in [0.5, 0.6) is 0 Å². The molecular formula is C13H15ClO4.